The van der Waals surface area contributed by atoms with Gasteiger partial charge in [-0.05, 0) is 56.9 Å². The molecule has 0 unspecified atom stereocenters. The van der Waals surface area contributed by atoms with E-state index in [0.29, 0.717) is 16.8 Å². The summed E-state index contributed by atoms with van der Waals surface area (Å²) in [4.78, 5) is 4.72. The molecular weight excluding hydrogens is 889 g/mol. The fourth-order valence-electron chi connectivity index (χ4n) is 11.7. The number of fused-ring (bicyclic) bond motifs is 16. The Kier molecular flexibility index (Phi) is 8.21. The first-order valence-electron chi connectivity index (χ1n) is 23.4. The predicted molar refractivity (Wildman–Crippen MR) is 298 cm³/mol. The molecule has 0 radical (unpaired) electrons. The molecule has 0 fully saturated rings. The summed E-state index contributed by atoms with van der Waals surface area (Å²) >= 11 is 3.59. The summed E-state index contributed by atoms with van der Waals surface area (Å²) in [5.41, 5.74) is 9.64. The standard InChI is InChI=1S/C64H34N4S2/c1-66-58-56(45-26-14-18-37-16-2-4-20-39(37)45)51(36-65)59(67-52-28-10-6-22-41(52)47-32-34-49-43-24-8-12-30-54(43)69-63(49)60(47)67)57(46-27-15-19-38-17-3-5-21-40(38)46)62(58)68-53-29-11-7-23-42(53)48-33-35-50-44-25-9-13-31-55(44)70-64(50)61(48)68/h2-35H. The van der Waals surface area contributed by atoms with E-state index in [1.807, 2.05) is 0 Å². The highest BCUT2D eigenvalue weighted by molar-refractivity contribution is 7.27. The third kappa shape index (κ3) is 5.21. The zero-order chi connectivity index (χ0) is 46.2. The third-order valence-corrected chi connectivity index (χ3v) is 17.0. The third-order valence-electron chi connectivity index (χ3n) is 14.6. The molecule has 0 aliphatic heterocycles. The van der Waals surface area contributed by atoms with Gasteiger partial charge in [0.05, 0.1) is 55.0 Å². The summed E-state index contributed by atoms with van der Waals surface area (Å²) in [6, 6.07) is 76.2. The summed E-state index contributed by atoms with van der Waals surface area (Å²) in [5, 5.41) is 25.6. The molecule has 0 N–H and O–H groups in total. The van der Waals surface area contributed by atoms with Crippen molar-refractivity contribution in [2.75, 3.05) is 0 Å². The van der Waals surface area contributed by atoms with Crippen molar-refractivity contribution >= 4 is 134 Å². The van der Waals surface area contributed by atoms with E-state index in [4.69, 9.17) is 4.85 Å². The molecule has 15 rings (SSSR count). The lowest BCUT2D eigenvalue weighted by atomic mass is 9.85. The van der Waals surface area contributed by atoms with Crippen molar-refractivity contribution < 1.29 is 0 Å². The van der Waals surface area contributed by atoms with Crippen LogP contribution >= 0.6 is 22.7 Å². The number of aromatic nitrogens is 2. The fraction of sp³-hybridized carbons (Fsp3) is 0. The Morgan fingerprint density at radius 3 is 1.31 bits per heavy atom. The molecule has 0 amide bonds. The van der Waals surface area contributed by atoms with Gasteiger partial charge in [0.1, 0.15) is 6.07 Å². The first-order chi connectivity index (χ1) is 34.7. The summed E-state index contributed by atoms with van der Waals surface area (Å²) < 4.78 is 9.50. The molecule has 4 heterocycles. The van der Waals surface area contributed by atoms with Gasteiger partial charge >= 0.3 is 0 Å². The quantitative estimate of drug-likeness (QED) is 0.162. The molecule has 0 bridgehead atoms. The van der Waals surface area contributed by atoms with E-state index in [2.05, 4.69) is 221 Å². The second-order valence-corrected chi connectivity index (χ2v) is 20.1. The maximum atomic E-state index is 12.3. The van der Waals surface area contributed by atoms with Crippen LogP contribution in [0.5, 0.6) is 0 Å². The van der Waals surface area contributed by atoms with E-state index < -0.39 is 0 Å². The second kappa shape index (κ2) is 14.7. The number of para-hydroxylation sites is 2. The van der Waals surface area contributed by atoms with Crippen molar-refractivity contribution in [2.24, 2.45) is 0 Å². The van der Waals surface area contributed by atoms with Crippen LogP contribution < -0.4 is 0 Å². The average molecular weight is 923 g/mol. The Morgan fingerprint density at radius 2 is 0.800 bits per heavy atom. The number of benzene rings is 11. The van der Waals surface area contributed by atoms with Gasteiger partial charge in [-0.1, -0.05) is 182 Å². The molecule has 70 heavy (non-hydrogen) atoms. The van der Waals surface area contributed by atoms with Crippen LogP contribution in [0.4, 0.5) is 5.69 Å². The minimum atomic E-state index is 0.424. The number of hydrogen-bond donors (Lipinski definition) is 0. The zero-order valence-electron chi connectivity index (χ0n) is 37.2. The van der Waals surface area contributed by atoms with Gasteiger partial charge in [0.2, 0.25) is 5.69 Å². The van der Waals surface area contributed by atoms with E-state index in [1.165, 1.54) is 30.9 Å². The second-order valence-electron chi connectivity index (χ2n) is 18.0. The summed E-state index contributed by atoms with van der Waals surface area (Å²) in [5.74, 6) is 0. The highest BCUT2D eigenvalue weighted by Gasteiger charge is 2.34. The molecule has 4 aromatic heterocycles. The minimum Gasteiger partial charge on any atom is -0.317 e. The Morgan fingerprint density at radius 1 is 0.386 bits per heavy atom. The first kappa shape index (κ1) is 39.0. The average Bonchev–Trinajstić information content (AvgIpc) is 4.18. The van der Waals surface area contributed by atoms with Crippen molar-refractivity contribution in [1.29, 1.82) is 5.26 Å². The number of nitriles is 1. The minimum absolute atomic E-state index is 0.424. The van der Waals surface area contributed by atoms with Gasteiger partial charge in [0.25, 0.3) is 0 Å². The molecule has 4 nitrogen and oxygen atoms in total. The summed E-state index contributed by atoms with van der Waals surface area (Å²) in [6.45, 7) is 9.62. The van der Waals surface area contributed by atoms with Crippen LogP contribution in [0.1, 0.15) is 5.56 Å². The summed E-state index contributed by atoms with van der Waals surface area (Å²) in [7, 11) is 0. The van der Waals surface area contributed by atoms with Crippen molar-refractivity contribution in [3.63, 3.8) is 0 Å². The van der Waals surface area contributed by atoms with Gasteiger partial charge in [0.15, 0.2) is 0 Å². The van der Waals surface area contributed by atoms with Crippen molar-refractivity contribution in [2.45, 2.75) is 0 Å². The predicted octanol–water partition coefficient (Wildman–Crippen LogP) is 18.7. The van der Waals surface area contributed by atoms with Gasteiger partial charge in [-0.25, -0.2) is 4.85 Å². The summed E-state index contributed by atoms with van der Waals surface area (Å²) in [6.07, 6.45) is 0. The topological polar surface area (TPSA) is 38.0 Å². The van der Waals surface area contributed by atoms with Crippen LogP contribution in [-0.2, 0) is 0 Å². The Hall–Kier alpha value is -9.04. The molecule has 0 saturated carbocycles. The SMILES string of the molecule is [C-]#[N+]c1c(-c2cccc3ccccc23)c(C#N)c(-n2c3ccccc3c3ccc4c5ccccc5sc4c32)c(-c2cccc3ccccc23)c1-n1c2ccccc2c2ccc3c4ccccc4sc3c21. The lowest BCUT2D eigenvalue weighted by Crippen LogP contribution is -2.09. The molecule has 0 aliphatic carbocycles. The molecule has 0 saturated heterocycles. The highest BCUT2D eigenvalue weighted by Crippen LogP contribution is 2.55. The van der Waals surface area contributed by atoms with Crippen LogP contribution in [0, 0.1) is 17.9 Å². The Bertz CT molecular complexity index is 4630. The monoisotopic (exact) mass is 922 g/mol. The van der Waals surface area contributed by atoms with Crippen LogP contribution in [0.3, 0.4) is 0 Å². The van der Waals surface area contributed by atoms with Gasteiger partial charge < -0.3 is 9.13 Å². The molecule has 6 heteroatoms. The van der Waals surface area contributed by atoms with E-state index in [-0.39, 0.29) is 0 Å². The maximum absolute atomic E-state index is 12.3. The molecular formula is C64H34N4S2. The molecule has 15 aromatic rings. The number of nitrogens with zero attached hydrogens (tertiary/aromatic N) is 4. The number of rotatable bonds is 4. The normalized spacial score (nSPS) is 12.0. The van der Waals surface area contributed by atoms with Crippen LogP contribution in [0.25, 0.3) is 144 Å². The van der Waals surface area contributed by atoms with E-state index in [1.54, 1.807) is 22.7 Å². The lowest BCUT2D eigenvalue weighted by Gasteiger charge is -2.27. The van der Waals surface area contributed by atoms with Crippen LogP contribution in [0.15, 0.2) is 206 Å². The van der Waals surface area contributed by atoms with Crippen LogP contribution in [-0.4, -0.2) is 9.13 Å². The van der Waals surface area contributed by atoms with Crippen molar-refractivity contribution in [3.8, 4) is 39.7 Å². The smallest absolute Gasteiger partial charge is 0.220 e. The zero-order valence-corrected chi connectivity index (χ0v) is 38.9. The van der Waals surface area contributed by atoms with Crippen molar-refractivity contribution in [1.82, 2.24) is 9.13 Å². The van der Waals surface area contributed by atoms with Gasteiger partial charge in [-0.15, -0.1) is 22.7 Å². The fourth-order valence-corrected chi connectivity index (χ4v) is 14.2. The van der Waals surface area contributed by atoms with E-state index >= 15 is 0 Å². The molecule has 0 aliphatic rings. The number of hydrogen-bond acceptors (Lipinski definition) is 3. The molecule has 0 spiro atoms. The van der Waals surface area contributed by atoms with Crippen molar-refractivity contribution in [3.05, 3.63) is 223 Å². The Labute approximate surface area is 408 Å². The van der Waals surface area contributed by atoms with Gasteiger partial charge in [0, 0.05) is 63.6 Å². The van der Waals surface area contributed by atoms with Gasteiger partial charge in [-0.3, -0.25) is 0 Å². The first-order valence-corrected chi connectivity index (χ1v) is 25.0. The maximum Gasteiger partial charge on any atom is 0.220 e. The lowest BCUT2D eigenvalue weighted by molar-refractivity contribution is 1.14. The molecule has 322 valence electrons. The van der Waals surface area contributed by atoms with Gasteiger partial charge in [-0.2, -0.15) is 5.26 Å². The van der Waals surface area contributed by atoms with E-state index in [9.17, 15) is 11.8 Å². The highest BCUT2D eigenvalue weighted by atomic mass is 32.1. The van der Waals surface area contributed by atoms with E-state index in [0.717, 1.165) is 103 Å². The van der Waals surface area contributed by atoms with Crippen LogP contribution in [0.2, 0.25) is 0 Å². The largest absolute Gasteiger partial charge is 0.317 e. The molecule has 0 atom stereocenters. The number of thiophene rings is 2. The molecule has 11 aromatic carbocycles. The Balaban J connectivity index is 1.28.